The van der Waals surface area contributed by atoms with Crippen LogP contribution in [-0.4, -0.2) is 102 Å². The third-order valence-electron chi connectivity index (χ3n) is 8.78. The number of hydrogen-bond acceptors (Lipinski definition) is 18. The topological polar surface area (TPSA) is 235 Å². The minimum atomic E-state index is -1.99. The molecule has 0 unspecified atom stereocenters. The van der Waals surface area contributed by atoms with E-state index in [-0.39, 0.29) is 33.4 Å². The van der Waals surface area contributed by atoms with Gasteiger partial charge in [0.2, 0.25) is 0 Å². The van der Waals surface area contributed by atoms with Gasteiger partial charge in [-0.2, -0.15) is 0 Å². The van der Waals surface area contributed by atoms with E-state index < -0.39 is 72.4 Å². The lowest BCUT2D eigenvalue weighted by atomic mass is 9.83. The van der Waals surface area contributed by atoms with Gasteiger partial charge in [0.05, 0.1) is 33.4 Å². The van der Waals surface area contributed by atoms with Gasteiger partial charge in [-0.3, -0.25) is 29.9 Å². The normalized spacial score (nSPS) is 19.4. The molecule has 60 heavy (non-hydrogen) atoms. The summed E-state index contributed by atoms with van der Waals surface area (Å²) in [6, 6.07) is 16.9. The lowest BCUT2D eigenvalue weighted by molar-refractivity contribution is -0.223. The van der Waals surface area contributed by atoms with Gasteiger partial charge in [-0.15, -0.1) is 0 Å². The highest BCUT2D eigenvalue weighted by Gasteiger charge is 2.61. The van der Waals surface area contributed by atoms with Gasteiger partial charge in [0, 0.05) is 74.4 Å². The van der Waals surface area contributed by atoms with E-state index >= 15 is 0 Å². The number of ether oxygens (including phenoxy) is 6. The molecule has 18 nitrogen and oxygen atoms in total. The number of hydrogen-bond donors (Lipinski definition) is 0. The highest BCUT2D eigenvalue weighted by molar-refractivity contribution is 5.93. The zero-order valence-corrected chi connectivity index (χ0v) is 30.9. The van der Waals surface area contributed by atoms with E-state index in [4.69, 9.17) is 28.4 Å². The Bertz CT molecular complexity index is 1980. The second-order valence-electron chi connectivity index (χ2n) is 12.7. The number of pyridine rings is 6. The van der Waals surface area contributed by atoms with Gasteiger partial charge < -0.3 is 28.4 Å². The number of carbonyl (C=O) groups excluding carboxylic acids is 6. The second-order valence-corrected chi connectivity index (χ2v) is 12.7. The van der Waals surface area contributed by atoms with Gasteiger partial charge >= 0.3 is 35.8 Å². The van der Waals surface area contributed by atoms with E-state index in [1.807, 2.05) is 0 Å². The summed E-state index contributed by atoms with van der Waals surface area (Å²) >= 11 is 0. The monoisotopic (exact) mass is 810 g/mol. The molecule has 0 spiro atoms. The maximum atomic E-state index is 14.0. The molecular formula is C42H30N6O12. The van der Waals surface area contributed by atoms with E-state index in [0.29, 0.717) is 0 Å². The maximum Gasteiger partial charge on any atom is 0.340 e. The van der Waals surface area contributed by atoms with Gasteiger partial charge in [-0.1, -0.05) is 0 Å². The van der Waals surface area contributed by atoms with Gasteiger partial charge in [0.25, 0.3) is 0 Å². The molecule has 0 amide bonds. The first-order valence-electron chi connectivity index (χ1n) is 17.9. The SMILES string of the molecule is O=C(OC1[C@H](OC(=O)c2cccnc2)[C@@H](OC(=O)c2cccnc2)[C@H](OC(=O)c2cccnc2)[C@@H](OC(=O)c2cccnc2)[C@H]1OC(=O)c1cccnc1)c1cccnc1. The summed E-state index contributed by atoms with van der Waals surface area (Å²) in [5, 5.41) is 0. The van der Waals surface area contributed by atoms with Crippen molar-refractivity contribution in [2.45, 2.75) is 36.6 Å². The average molecular weight is 811 g/mol. The van der Waals surface area contributed by atoms with Gasteiger partial charge in [0.1, 0.15) is 0 Å². The Hall–Kier alpha value is -8.28. The van der Waals surface area contributed by atoms with Gasteiger partial charge in [-0.25, -0.2) is 28.8 Å². The zero-order valence-electron chi connectivity index (χ0n) is 30.9. The first-order chi connectivity index (χ1) is 29.3. The maximum absolute atomic E-state index is 14.0. The molecule has 1 aliphatic rings. The van der Waals surface area contributed by atoms with Crippen LogP contribution in [0.15, 0.2) is 147 Å². The van der Waals surface area contributed by atoms with Crippen LogP contribution in [0.25, 0.3) is 0 Å². The van der Waals surface area contributed by atoms with Crippen molar-refractivity contribution in [1.82, 2.24) is 29.9 Å². The van der Waals surface area contributed by atoms with E-state index in [1.165, 1.54) is 147 Å². The molecule has 7 rings (SSSR count). The molecule has 6 aromatic rings. The molecule has 0 atom stereocenters. The molecule has 1 aliphatic carbocycles. The van der Waals surface area contributed by atoms with Crippen LogP contribution in [0.3, 0.4) is 0 Å². The van der Waals surface area contributed by atoms with Gasteiger partial charge in [-0.05, 0) is 72.8 Å². The van der Waals surface area contributed by atoms with Crippen molar-refractivity contribution in [3.63, 3.8) is 0 Å². The predicted octanol–water partition coefficient (Wildman–Crippen LogP) is 3.72. The smallest absolute Gasteiger partial charge is 0.340 e. The molecule has 1 fully saturated rings. The van der Waals surface area contributed by atoms with Crippen LogP contribution in [0.4, 0.5) is 0 Å². The van der Waals surface area contributed by atoms with Crippen LogP contribution >= 0.6 is 0 Å². The standard InChI is InChI=1S/C42H30N6O12/c49-37(25-7-1-13-43-19-25)55-31-32(56-38(50)26-8-2-14-44-20-26)34(58-40(52)28-10-4-16-46-22-28)36(60-42(54)30-12-6-18-48-24-30)35(59-41(53)29-11-5-17-47-23-29)33(31)57-39(51)27-9-3-15-45-21-27/h1-24,31-36H/t31-,32-,33-,34+,35?,36-/m1/s1. The summed E-state index contributed by atoms with van der Waals surface area (Å²) in [4.78, 5) is 108. The van der Waals surface area contributed by atoms with Crippen LogP contribution in [0.5, 0.6) is 0 Å². The molecule has 0 aromatic carbocycles. The zero-order chi connectivity index (χ0) is 41.8. The summed E-state index contributed by atoms with van der Waals surface area (Å²) in [6.07, 6.45) is 3.50. The van der Waals surface area contributed by atoms with Crippen LogP contribution in [0.2, 0.25) is 0 Å². The summed E-state index contributed by atoms with van der Waals surface area (Å²) in [6.45, 7) is 0. The predicted molar refractivity (Wildman–Crippen MR) is 201 cm³/mol. The van der Waals surface area contributed by atoms with Crippen molar-refractivity contribution in [1.29, 1.82) is 0 Å². The molecule has 0 radical (unpaired) electrons. The number of rotatable bonds is 12. The fourth-order valence-electron chi connectivity index (χ4n) is 5.98. The van der Waals surface area contributed by atoms with Crippen LogP contribution in [-0.2, 0) is 28.4 Å². The Morgan fingerprint density at radius 3 is 0.550 bits per heavy atom. The molecule has 0 aliphatic heterocycles. The quantitative estimate of drug-likeness (QED) is 0.126. The fraction of sp³-hybridized carbons (Fsp3) is 0.143. The highest BCUT2D eigenvalue weighted by Crippen LogP contribution is 2.37. The molecular weight excluding hydrogens is 780 g/mol. The minimum Gasteiger partial charge on any atom is -0.450 e. The lowest BCUT2D eigenvalue weighted by Crippen LogP contribution is -2.69. The minimum absolute atomic E-state index is 0.106. The Morgan fingerprint density at radius 2 is 0.433 bits per heavy atom. The van der Waals surface area contributed by atoms with Crippen molar-refractivity contribution in [2.75, 3.05) is 0 Å². The van der Waals surface area contributed by atoms with Gasteiger partial charge in [0.15, 0.2) is 36.6 Å². The number of carbonyl (C=O) groups is 6. The van der Waals surface area contributed by atoms with Crippen LogP contribution < -0.4 is 0 Å². The first kappa shape index (κ1) is 39.9. The van der Waals surface area contributed by atoms with Crippen LogP contribution in [0.1, 0.15) is 62.1 Å². The molecule has 0 saturated heterocycles. The third-order valence-corrected chi connectivity index (χ3v) is 8.78. The fourth-order valence-corrected chi connectivity index (χ4v) is 5.98. The van der Waals surface area contributed by atoms with Crippen molar-refractivity contribution in [3.05, 3.63) is 181 Å². The van der Waals surface area contributed by atoms with Crippen molar-refractivity contribution in [2.24, 2.45) is 0 Å². The molecule has 6 heterocycles. The molecule has 300 valence electrons. The van der Waals surface area contributed by atoms with Crippen molar-refractivity contribution < 1.29 is 57.2 Å². The Balaban J connectivity index is 1.43. The molecule has 0 N–H and O–H groups in total. The lowest BCUT2D eigenvalue weighted by Gasteiger charge is -2.47. The molecule has 6 aromatic heterocycles. The van der Waals surface area contributed by atoms with E-state index in [1.54, 1.807) is 0 Å². The van der Waals surface area contributed by atoms with Crippen molar-refractivity contribution >= 4 is 35.8 Å². The third kappa shape index (κ3) is 9.46. The number of nitrogens with zero attached hydrogens (tertiary/aromatic N) is 6. The molecule has 0 bridgehead atoms. The van der Waals surface area contributed by atoms with E-state index in [2.05, 4.69) is 29.9 Å². The van der Waals surface area contributed by atoms with Crippen LogP contribution in [0, 0.1) is 0 Å². The van der Waals surface area contributed by atoms with Crippen molar-refractivity contribution in [3.8, 4) is 0 Å². The summed E-state index contributed by atoms with van der Waals surface area (Å²) < 4.78 is 36.2. The molecule has 1 saturated carbocycles. The average Bonchev–Trinajstić information content (AvgIpc) is 3.31. The Labute approximate surface area is 339 Å². The highest BCUT2D eigenvalue weighted by atomic mass is 16.7. The number of aromatic nitrogens is 6. The first-order valence-corrected chi connectivity index (χ1v) is 17.9. The number of esters is 6. The largest absolute Gasteiger partial charge is 0.450 e. The van der Waals surface area contributed by atoms with E-state index in [9.17, 15) is 28.8 Å². The summed E-state index contributed by atoms with van der Waals surface area (Å²) in [7, 11) is 0. The van der Waals surface area contributed by atoms with E-state index in [0.717, 1.165) is 0 Å². The summed E-state index contributed by atoms with van der Waals surface area (Å²) in [5.41, 5.74) is -0.638. The second kappa shape index (κ2) is 18.8. The Kier molecular flexibility index (Phi) is 12.5. The molecule has 18 heteroatoms. The summed E-state index contributed by atoms with van der Waals surface area (Å²) in [5.74, 6) is -6.51. The Morgan fingerprint density at radius 1 is 0.283 bits per heavy atom.